The molecule has 9 nitrogen and oxygen atoms in total. The van der Waals surface area contributed by atoms with Crippen molar-refractivity contribution in [1.29, 1.82) is 0 Å². The summed E-state index contributed by atoms with van der Waals surface area (Å²) in [5, 5.41) is 3.56. The Morgan fingerprint density at radius 2 is 1.91 bits per heavy atom. The van der Waals surface area contributed by atoms with Crippen molar-refractivity contribution in [3.63, 3.8) is 0 Å². The molecular formula is C24H21ClN4O5S. The topological polar surface area (TPSA) is 113 Å². The predicted octanol–water partition coefficient (Wildman–Crippen LogP) is 4.92. The highest BCUT2D eigenvalue weighted by molar-refractivity contribution is 7.22. The lowest BCUT2D eigenvalue weighted by molar-refractivity contribution is -0.141. The van der Waals surface area contributed by atoms with Crippen molar-refractivity contribution >= 4 is 50.2 Å². The first-order valence-electron chi connectivity index (χ1n) is 10.5. The van der Waals surface area contributed by atoms with E-state index in [1.54, 1.807) is 24.3 Å². The summed E-state index contributed by atoms with van der Waals surface area (Å²) < 4.78 is 16.8. The van der Waals surface area contributed by atoms with Gasteiger partial charge < -0.3 is 14.2 Å². The van der Waals surface area contributed by atoms with Crippen LogP contribution in [0.2, 0.25) is 5.15 Å². The van der Waals surface area contributed by atoms with Gasteiger partial charge in [0, 0.05) is 36.0 Å². The van der Waals surface area contributed by atoms with Crippen LogP contribution < -0.4 is 14.8 Å². The molecule has 1 amide bonds. The number of carbonyl (C=O) groups is 2. The number of nitrogens with one attached hydrogen (secondary N) is 1. The number of amides is 1. The number of rotatable bonds is 8. The van der Waals surface area contributed by atoms with Gasteiger partial charge in [0.2, 0.25) is 0 Å². The van der Waals surface area contributed by atoms with E-state index in [-0.39, 0.29) is 30.2 Å². The summed E-state index contributed by atoms with van der Waals surface area (Å²) >= 11 is 7.45. The van der Waals surface area contributed by atoms with Gasteiger partial charge in [-0.05, 0) is 31.2 Å². The molecule has 0 fully saturated rings. The molecule has 35 heavy (non-hydrogen) atoms. The van der Waals surface area contributed by atoms with Gasteiger partial charge in [0.15, 0.2) is 5.13 Å². The third-order valence-electron chi connectivity index (χ3n) is 4.87. The van der Waals surface area contributed by atoms with Crippen LogP contribution in [0.15, 0.2) is 42.7 Å². The molecule has 0 spiro atoms. The van der Waals surface area contributed by atoms with Gasteiger partial charge in [0.05, 0.1) is 29.1 Å². The number of fused-ring (bicyclic) bond motifs is 1. The summed E-state index contributed by atoms with van der Waals surface area (Å²) in [7, 11) is 1.53. The smallest absolute Gasteiger partial charge is 0.302 e. The van der Waals surface area contributed by atoms with Crippen molar-refractivity contribution in [3.05, 3.63) is 59.1 Å². The number of aryl methyl sites for hydroxylation is 1. The average molecular weight is 513 g/mol. The summed E-state index contributed by atoms with van der Waals surface area (Å²) in [6.45, 7) is 3.56. The maximum Gasteiger partial charge on any atom is 0.302 e. The number of methoxy groups -OCH3 is 1. The fourth-order valence-electron chi connectivity index (χ4n) is 3.31. The molecule has 0 aliphatic rings. The minimum atomic E-state index is -0.376. The molecule has 0 aliphatic carbocycles. The van der Waals surface area contributed by atoms with Crippen LogP contribution >= 0.6 is 22.9 Å². The molecule has 11 heteroatoms. The molecule has 180 valence electrons. The zero-order valence-electron chi connectivity index (χ0n) is 19.1. The van der Waals surface area contributed by atoms with Crippen molar-refractivity contribution in [3.8, 4) is 22.6 Å². The number of benzene rings is 1. The summed E-state index contributed by atoms with van der Waals surface area (Å²) in [6.07, 6.45) is 3.02. The molecule has 1 N–H and O–H groups in total. The minimum absolute atomic E-state index is 0.159. The number of hydrogen-bond acceptors (Lipinski definition) is 9. The second-order valence-corrected chi connectivity index (χ2v) is 8.79. The molecule has 0 saturated heterocycles. The second-order valence-electron chi connectivity index (χ2n) is 7.37. The summed E-state index contributed by atoms with van der Waals surface area (Å²) in [4.78, 5) is 36.9. The third kappa shape index (κ3) is 5.84. The Hall–Kier alpha value is -3.76. The lowest BCUT2D eigenvalue weighted by Crippen LogP contribution is -2.14. The van der Waals surface area contributed by atoms with Gasteiger partial charge in [-0.2, -0.15) is 0 Å². The van der Waals surface area contributed by atoms with Crippen LogP contribution in [0.4, 0.5) is 5.13 Å². The van der Waals surface area contributed by atoms with E-state index in [0.717, 1.165) is 10.4 Å². The molecule has 4 aromatic rings. The number of pyridine rings is 2. The van der Waals surface area contributed by atoms with Crippen LogP contribution in [-0.4, -0.2) is 47.2 Å². The zero-order valence-corrected chi connectivity index (χ0v) is 20.7. The second kappa shape index (κ2) is 10.7. The van der Waals surface area contributed by atoms with Crippen LogP contribution in [0.5, 0.6) is 11.5 Å². The van der Waals surface area contributed by atoms with E-state index in [1.165, 1.54) is 37.8 Å². The number of anilines is 1. The first-order valence-corrected chi connectivity index (χ1v) is 11.7. The van der Waals surface area contributed by atoms with Crippen molar-refractivity contribution in [2.24, 2.45) is 0 Å². The largest absolute Gasteiger partial charge is 0.494 e. The normalized spacial score (nSPS) is 10.7. The van der Waals surface area contributed by atoms with Gasteiger partial charge in [-0.1, -0.05) is 22.9 Å². The maximum absolute atomic E-state index is 13.2. The van der Waals surface area contributed by atoms with E-state index in [2.05, 4.69) is 20.3 Å². The van der Waals surface area contributed by atoms with Crippen LogP contribution in [-0.2, 0) is 9.53 Å². The average Bonchev–Trinajstić information content (AvgIpc) is 3.23. The number of ether oxygens (including phenoxy) is 3. The number of aromatic nitrogens is 3. The highest BCUT2D eigenvalue weighted by atomic mass is 35.5. The van der Waals surface area contributed by atoms with Crippen LogP contribution in [0, 0.1) is 6.92 Å². The number of carbonyl (C=O) groups excluding carboxylic acids is 2. The quantitative estimate of drug-likeness (QED) is 0.201. The summed E-state index contributed by atoms with van der Waals surface area (Å²) in [5.74, 6) is 0.329. The monoisotopic (exact) mass is 512 g/mol. The van der Waals surface area contributed by atoms with E-state index >= 15 is 0 Å². The number of halogens is 1. The van der Waals surface area contributed by atoms with Crippen molar-refractivity contribution in [2.75, 3.05) is 25.6 Å². The standard InChI is InChI=1S/C24H21ClN4O5S/c1-13-8-16(17-10-22(25)27-12-20(17)32-3)18(11-26-13)23(31)29-24-28-19-9-15(4-5-21(19)35-24)34-7-6-33-14(2)30/h4-5,8-12H,6-7H2,1-3H3,(H,28,29,31). The highest BCUT2D eigenvalue weighted by Crippen LogP contribution is 2.35. The lowest BCUT2D eigenvalue weighted by Gasteiger charge is -2.13. The molecule has 3 heterocycles. The Kier molecular flexibility index (Phi) is 7.42. The molecule has 0 aliphatic heterocycles. The van der Waals surface area contributed by atoms with Crippen molar-refractivity contribution < 1.29 is 23.8 Å². The molecule has 3 aromatic heterocycles. The third-order valence-corrected chi connectivity index (χ3v) is 6.02. The number of esters is 1. The van der Waals surface area contributed by atoms with Crippen LogP contribution in [0.1, 0.15) is 23.0 Å². The number of hydrogen-bond donors (Lipinski definition) is 1. The van der Waals surface area contributed by atoms with Crippen LogP contribution in [0.3, 0.4) is 0 Å². The molecule has 0 atom stereocenters. The molecule has 0 bridgehead atoms. The van der Waals surface area contributed by atoms with E-state index in [1.807, 2.05) is 13.0 Å². The van der Waals surface area contributed by atoms with Gasteiger partial charge in [0.25, 0.3) is 5.91 Å². The molecular weight excluding hydrogens is 492 g/mol. The highest BCUT2D eigenvalue weighted by Gasteiger charge is 2.19. The lowest BCUT2D eigenvalue weighted by atomic mass is 10.0. The molecule has 0 saturated carbocycles. The fraction of sp³-hybridized carbons (Fsp3) is 0.208. The first-order chi connectivity index (χ1) is 16.8. The molecule has 1 aromatic carbocycles. The zero-order chi connectivity index (χ0) is 24.9. The number of nitrogens with zero attached hydrogens (tertiary/aromatic N) is 3. The Bertz CT molecular complexity index is 1410. The maximum atomic E-state index is 13.2. The Labute approximate surface area is 210 Å². The minimum Gasteiger partial charge on any atom is -0.494 e. The Morgan fingerprint density at radius 1 is 1.09 bits per heavy atom. The molecule has 0 radical (unpaired) electrons. The first kappa shape index (κ1) is 24.4. The Balaban J connectivity index is 1.57. The summed E-state index contributed by atoms with van der Waals surface area (Å²) in [6, 6.07) is 8.85. The van der Waals surface area contributed by atoms with Crippen LogP contribution in [0.25, 0.3) is 21.3 Å². The van der Waals surface area contributed by atoms with Gasteiger partial charge in [0.1, 0.15) is 29.9 Å². The van der Waals surface area contributed by atoms with E-state index in [4.69, 9.17) is 25.8 Å². The van der Waals surface area contributed by atoms with E-state index in [9.17, 15) is 9.59 Å². The van der Waals surface area contributed by atoms with E-state index < -0.39 is 0 Å². The van der Waals surface area contributed by atoms with Gasteiger partial charge in [-0.15, -0.1) is 0 Å². The Morgan fingerprint density at radius 3 is 2.69 bits per heavy atom. The fourth-order valence-corrected chi connectivity index (χ4v) is 4.31. The van der Waals surface area contributed by atoms with Gasteiger partial charge >= 0.3 is 5.97 Å². The SMILES string of the molecule is COc1cnc(Cl)cc1-c1cc(C)ncc1C(=O)Nc1nc2cc(OCCOC(C)=O)ccc2s1. The molecule has 4 rings (SSSR count). The van der Waals surface area contributed by atoms with Crippen molar-refractivity contribution in [2.45, 2.75) is 13.8 Å². The summed E-state index contributed by atoms with van der Waals surface area (Å²) in [5.41, 5.74) is 2.97. The van der Waals surface area contributed by atoms with E-state index in [0.29, 0.717) is 38.8 Å². The van der Waals surface area contributed by atoms with Gasteiger partial charge in [-0.3, -0.25) is 19.9 Å². The molecule has 0 unspecified atom stereocenters. The van der Waals surface area contributed by atoms with Gasteiger partial charge in [-0.25, -0.2) is 9.97 Å². The predicted molar refractivity (Wildman–Crippen MR) is 133 cm³/mol. The number of thiazole rings is 1. The van der Waals surface area contributed by atoms with Crippen molar-refractivity contribution in [1.82, 2.24) is 15.0 Å².